The second-order valence-electron chi connectivity index (χ2n) is 2.56. The zero-order valence-corrected chi connectivity index (χ0v) is 8.94. The van der Waals surface area contributed by atoms with Crippen molar-refractivity contribution in [3.8, 4) is 11.5 Å². The van der Waals surface area contributed by atoms with Crippen LogP contribution in [0.15, 0.2) is 12.1 Å². The standard InChI is InChI=1S/C8H8BrNO4/c1-14-7-3-5(4-9)2-6(8(7)11)10(12)13/h2-3,11H,4H2,1H3. The number of hydrogen-bond donors (Lipinski definition) is 1. The van der Waals surface area contributed by atoms with Crippen LogP contribution < -0.4 is 4.74 Å². The fourth-order valence-corrected chi connectivity index (χ4v) is 1.34. The molecule has 1 aromatic rings. The molecule has 0 saturated carbocycles. The van der Waals surface area contributed by atoms with Crippen molar-refractivity contribution in [3.63, 3.8) is 0 Å². The molecule has 0 aliphatic rings. The number of halogens is 1. The second kappa shape index (κ2) is 4.28. The van der Waals surface area contributed by atoms with Crippen LogP contribution in [0, 0.1) is 10.1 Å². The van der Waals surface area contributed by atoms with Crippen molar-refractivity contribution in [1.82, 2.24) is 0 Å². The van der Waals surface area contributed by atoms with Crippen LogP contribution in [-0.2, 0) is 5.33 Å². The molecule has 0 bridgehead atoms. The van der Waals surface area contributed by atoms with Crippen LogP contribution in [0.1, 0.15) is 5.56 Å². The molecule has 0 radical (unpaired) electrons. The lowest BCUT2D eigenvalue weighted by Crippen LogP contribution is -1.93. The Balaban J connectivity index is 3.34. The smallest absolute Gasteiger partial charge is 0.314 e. The topological polar surface area (TPSA) is 72.6 Å². The molecular formula is C8H8BrNO4. The van der Waals surface area contributed by atoms with Crippen LogP contribution in [0.4, 0.5) is 5.69 Å². The summed E-state index contributed by atoms with van der Waals surface area (Å²) in [5, 5.41) is 20.4. The number of phenols is 1. The lowest BCUT2D eigenvalue weighted by atomic mass is 10.2. The van der Waals surface area contributed by atoms with Crippen molar-refractivity contribution in [3.05, 3.63) is 27.8 Å². The third-order valence-electron chi connectivity index (χ3n) is 1.69. The van der Waals surface area contributed by atoms with Gasteiger partial charge in [-0.05, 0) is 11.6 Å². The first-order valence-corrected chi connectivity index (χ1v) is 4.82. The average Bonchev–Trinajstić information content (AvgIpc) is 2.17. The lowest BCUT2D eigenvalue weighted by Gasteiger charge is -2.05. The maximum absolute atomic E-state index is 10.5. The normalized spacial score (nSPS) is 9.86. The number of nitro groups is 1. The van der Waals surface area contributed by atoms with Crippen LogP contribution in [0.3, 0.4) is 0 Å². The molecule has 0 heterocycles. The van der Waals surface area contributed by atoms with E-state index in [0.29, 0.717) is 10.9 Å². The van der Waals surface area contributed by atoms with Crippen LogP contribution in [-0.4, -0.2) is 17.1 Å². The van der Waals surface area contributed by atoms with Gasteiger partial charge in [-0.25, -0.2) is 0 Å². The summed E-state index contributed by atoms with van der Waals surface area (Å²) in [6.45, 7) is 0. The number of alkyl halides is 1. The molecule has 6 heteroatoms. The van der Waals surface area contributed by atoms with Gasteiger partial charge in [-0.1, -0.05) is 15.9 Å². The summed E-state index contributed by atoms with van der Waals surface area (Å²) in [4.78, 5) is 9.88. The van der Waals surface area contributed by atoms with Crippen LogP contribution in [0.25, 0.3) is 0 Å². The van der Waals surface area contributed by atoms with Crippen molar-refractivity contribution >= 4 is 21.6 Å². The molecular weight excluding hydrogens is 254 g/mol. The number of hydrogen-bond acceptors (Lipinski definition) is 4. The van der Waals surface area contributed by atoms with Gasteiger partial charge in [0.05, 0.1) is 12.0 Å². The number of aromatic hydroxyl groups is 1. The number of phenolic OH excluding ortho intramolecular Hbond substituents is 1. The van der Waals surface area contributed by atoms with Gasteiger partial charge in [0.15, 0.2) is 5.75 Å². The number of benzene rings is 1. The zero-order chi connectivity index (χ0) is 10.7. The number of nitro benzene ring substituents is 1. The van der Waals surface area contributed by atoms with E-state index in [9.17, 15) is 15.2 Å². The van der Waals surface area contributed by atoms with Gasteiger partial charge in [0.1, 0.15) is 0 Å². The highest BCUT2D eigenvalue weighted by Crippen LogP contribution is 2.37. The molecule has 1 N–H and O–H groups in total. The number of methoxy groups -OCH3 is 1. The highest BCUT2D eigenvalue weighted by atomic mass is 79.9. The molecule has 14 heavy (non-hydrogen) atoms. The second-order valence-corrected chi connectivity index (χ2v) is 3.12. The molecule has 0 aliphatic heterocycles. The predicted molar refractivity (Wildman–Crippen MR) is 53.9 cm³/mol. The Bertz CT molecular complexity index is 367. The molecule has 0 atom stereocenters. The highest BCUT2D eigenvalue weighted by Gasteiger charge is 2.19. The number of ether oxygens (including phenoxy) is 1. The van der Waals surface area contributed by atoms with Gasteiger partial charge in [-0.2, -0.15) is 0 Å². The molecule has 0 aromatic heterocycles. The Morgan fingerprint density at radius 3 is 2.71 bits per heavy atom. The van der Waals surface area contributed by atoms with Gasteiger partial charge < -0.3 is 9.84 Å². The fourth-order valence-electron chi connectivity index (χ4n) is 1.02. The minimum Gasteiger partial charge on any atom is -0.500 e. The molecule has 1 rings (SSSR count). The first kappa shape index (κ1) is 10.8. The molecule has 76 valence electrons. The monoisotopic (exact) mass is 261 g/mol. The number of nitrogens with zero attached hydrogens (tertiary/aromatic N) is 1. The Morgan fingerprint density at radius 2 is 2.29 bits per heavy atom. The molecule has 0 spiro atoms. The van der Waals surface area contributed by atoms with Gasteiger partial charge in [0.25, 0.3) is 0 Å². The van der Waals surface area contributed by atoms with Gasteiger partial charge in [-0.15, -0.1) is 0 Å². The van der Waals surface area contributed by atoms with Crippen molar-refractivity contribution < 1.29 is 14.8 Å². The molecule has 0 saturated heterocycles. The molecule has 0 amide bonds. The van der Waals surface area contributed by atoms with Crippen molar-refractivity contribution in [1.29, 1.82) is 0 Å². The van der Waals surface area contributed by atoms with Crippen LogP contribution in [0.2, 0.25) is 0 Å². The summed E-state index contributed by atoms with van der Waals surface area (Å²) in [7, 11) is 1.34. The van der Waals surface area contributed by atoms with E-state index in [1.54, 1.807) is 0 Å². The van der Waals surface area contributed by atoms with Crippen LogP contribution in [0.5, 0.6) is 11.5 Å². The Labute approximate surface area is 88.6 Å². The lowest BCUT2D eigenvalue weighted by molar-refractivity contribution is -0.386. The molecule has 0 unspecified atom stereocenters. The Kier molecular flexibility index (Phi) is 3.29. The van der Waals surface area contributed by atoms with E-state index in [1.807, 2.05) is 0 Å². The van der Waals surface area contributed by atoms with E-state index in [0.717, 1.165) is 0 Å². The summed E-state index contributed by atoms with van der Waals surface area (Å²) in [6, 6.07) is 2.84. The SMILES string of the molecule is COc1cc(CBr)cc([N+](=O)[O-])c1O. The van der Waals surface area contributed by atoms with Gasteiger partial charge >= 0.3 is 5.69 Å². The minimum atomic E-state index is -0.649. The van der Waals surface area contributed by atoms with E-state index in [-0.39, 0.29) is 11.4 Å². The molecule has 0 aliphatic carbocycles. The molecule has 5 nitrogen and oxygen atoms in total. The zero-order valence-electron chi connectivity index (χ0n) is 7.36. The average molecular weight is 262 g/mol. The van der Waals surface area contributed by atoms with E-state index in [1.165, 1.54) is 19.2 Å². The Hall–Kier alpha value is -1.30. The largest absolute Gasteiger partial charge is 0.500 e. The minimum absolute atomic E-state index is 0.105. The van der Waals surface area contributed by atoms with Gasteiger partial charge in [-0.3, -0.25) is 10.1 Å². The summed E-state index contributed by atoms with van der Waals surface area (Å²) in [5.74, 6) is -0.337. The highest BCUT2D eigenvalue weighted by molar-refractivity contribution is 9.08. The summed E-state index contributed by atoms with van der Waals surface area (Å²) in [6.07, 6.45) is 0. The molecule has 0 fully saturated rings. The summed E-state index contributed by atoms with van der Waals surface area (Å²) in [5.41, 5.74) is 0.324. The first-order valence-electron chi connectivity index (χ1n) is 3.70. The third kappa shape index (κ3) is 1.95. The fraction of sp³-hybridized carbons (Fsp3) is 0.250. The predicted octanol–water partition coefficient (Wildman–Crippen LogP) is 2.20. The first-order chi connectivity index (χ1) is 6.60. The van der Waals surface area contributed by atoms with E-state index >= 15 is 0 Å². The van der Waals surface area contributed by atoms with Crippen molar-refractivity contribution in [2.75, 3.05) is 7.11 Å². The van der Waals surface area contributed by atoms with Crippen molar-refractivity contribution in [2.45, 2.75) is 5.33 Å². The van der Waals surface area contributed by atoms with E-state index < -0.39 is 10.7 Å². The maximum Gasteiger partial charge on any atom is 0.314 e. The summed E-state index contributed by atoms with van der Waals surface area (Å²) < 4.78 is 4.80. The third-order valence-corrected chi connectivity index (χ3v) is 2.33. The van der Waals surface area contributed by atoms with Gasteiger partial charge in [0.2, 0.25) is 5.75 Å². The molecule has 1 aromatic carbocycles. The quantitative estimate of drug-likeness (QED) is 0.515. The Morgan fingerprint density at radius 1 is 1.64 bits per heavy atom. The van der Waals surface area contributed by atoms with Gasteiger partial charge in [0, 0.05) is 11.4 Å². The number of rotatable bonds is 3. The van der Waals surface area contributed by atoms with Crippen LogP contribution >= 0.6 is 15.9 Å². The van der Waals surface area contributed by atoms with E-state index in [4.69, 9.17) is 4.74 Å². The maximum atomic E-state index is 10.5. The van der Waals surface area contributed by atoms with E-state index in [2.05, 4.69) is 15.9 Å². The van der Waals surface area contributed by atoms with Crippen molar-refractivity contribution in [2.24, 2.45) is 0 Å². The summed E-state index contributed by atoms with van der Waals surface area (Å²) >= 11 is 3.17.